The fourth-order valence-electron chi connectivity index (χ4n) is 1.42. The minimum absolute atomic E-state index is 0.546. The van der Waals surface area contributed by atoms with Crippen LogP contribution in [0.1, 0.15) is 0 Å². The second kappa shape index (κ2) is 2.51. The summed E-state index contributed by atoms with van der Waals surface area (Å²) in [4.78, 5) is 18.0. The highest BCUT2D eigenvalue weighted by Crippen LogP contribution is 2.19. The van der Waals surface area contributed by atoms with Crippen LogP contribution in [0, 0.1) is 0 Å². The maximum Gasteiger partial charge on any atom is 0.413 e. The second-order valence-corrected chi connectivity index (χ2v) is 2.70. The summed E-state index contributed by atoms with van der Waals surface area (Å²) in [6.07, 6.45) is 2.48. The van der Waals surface area contributed by atoms with Gasteiger partial charge in [0.25, 0.3) is 0 Å². The van der Waals surface area contributed by atoms with Gasteiger partial charge in [0.2, 0.25) is 0 Å². The number of hydrogen-bond donors (Lipinski definition) is 1. The SMILES string of the molecule is O=C(O)N1CCN2CN=CC=C21. The molecule has 12 heavy (non-hydrogen) atoms. The fourth-order valence-corrected chi connectivity index (χ4v) is 1.42. The quantitative estimate of drug-likeness (QED) is 0.559. The maximum absolute atomic E-state index is 10.7. The van der Waals surface area contributed by atoms with E-state index in [0.29, 0.717) is 13.2 Å². The molecule has 5 nitrogen and oxygen atoms in total. The molecule has 0 aromatic heterocycles. The molecule has 0 atom stereocenters. The first-order valence-electron chi connectivity index (χ1n) is 3.74. The Labute approximate surface area is 69.6 Å². The van der Waals surface area contributed by atoms with Gasteiger partial charge in [-0.1, -0.05) is 0 Å². The lowest BCUT2D eigenvalue weighted by Crippen LogP contribution is -2.29. The summed E-state index contributed by atoms with van der Waals surface area (Å²) in [6.45, 7) is 1.87. The Kier molecular flexibility index (Phi) is 1.49. The minimum atomic E-state index is -0.890. The van der Waals surface area contributed by atoms with E-state index in [4.69, 9.17) is 5.11 Å². The highest BCUT2D eigenvalue weighted by Gasteiger charge is 2.29. The van der Waals surface area contributed by atoms with Crippen molar-refractivity contribution in [3.63, 3.8) is 0 Å². The normalized spacial score (nSPS) is 20.8. The molecule has 0 bridgehead atoms. The van der Waals surface area contributed by atoms with Gasteiger partial charge < -0.3 is 10.0 Å². The van der Waals surface area contributed by atoms with Gasteiger partial charge in [-0.15, -0.1) is 0 Å². The molecule has 64 valence electrons. The summed E-state index contributed by atoms with van der Waals surface area (Å²) in [5.41, 5.74) is 0. The zero-order valence-corrected chi connectivity index (χ0v) is 6.47. The zero-order chi connectivity index (χ0) is 8.55. The molecule has 2 aliphatic heterocycles. The van der Waals surface area contributed by atoms with Gasteiger partial charge in [0.1, 0.15) is 12.5 Å². The second-order valence-electron chi connectivity index (χ2n) is 2.70. The number of carboxylic acid groups (broad SMARTS) is 1. The van der Waals surface area contributed by atoms with Crippen molar-refractivity contribution in [2.75, 3.05) is 19.8 Å². The average molecular weight is 167 g/mol. The molecular formula is C7H9N3O2. The molecule has 1 N–H and O–H groups in total. The van der Waals surface area contributed by atoms with E-state index < -0.39 is 6.09 Å². The third-order valence-corrected chi connectivity index (χ3v) is 2.01. The Morgan fingerprint density at radius 1 is 1.58 bits per heavy atom. The number of aliphatic imine (C=N–C) groups is 1. The summed E-state index contributed by atoms with van der Waals surface area (Å²) in [5, 5.41) is 8.77. The van der Waals surface area contributed by atoms with Crippen molar-refractivity contribution in [3.8, 4) is 0 Å². The summed E-state index contributed by atoms with van der Waals surface area (Å²) >= 11 is 0. The third-order valence-electron chi connectivity index (χ3n) is 2.01. The lowest BCUT2D eigenvalue weighted by atomic mass is 10.5. The standard InChI is InChI=1S/C7H9N3O2/c11-7(12)10-4-3-9-5-8-2-1-6(9)10/h1-2H,3-5H2,(H,11,12). The van der Waals surface area contributed by atoms with Gasteiger partial charge in [-0.2, -0.15) is 0 Å². The van der Waals surface area contributed by atoms with E-state index in [1.54, 1.807) is 12.3 Å². The summed E-state index contributed by atoms with van der Waals surface area (Å²) in [7, 11) is 0. The van der Waals surface area contributed by atoms with Crippen LogP contribution in [0.5, 0.6) is 0 Å². The Bertz CT molecular complexity index is 272. The van der Waals surface area contributed by atoms with Crippen LogP contribution >= 0.6 is 0 Å². The van der Waals surface area contributed by atoms with Crippen LogP contribution < -0.4 is 0 Å². The molecule has 2 aliphatic rings. The molecule has 2 heterocycles. The van der Waals surface area contributed by atoms with Crippen LogP contribution in [0.4, 0.5) is 4.79 Å². The molecule has 0 aromatic rings. The van der Waals surface area contributed by atoms with Crippen molar-refractivity contribution < 1.29 is 9.90 Å². The van der Waals surface area contributed by atoms with Crippen LogP contribution in [-0.2, 0) is 0 Å². The molecule has 0 unspecified atom stereocenters. The molecule has 1 fully saturated rings. The smallest absolute Gasteiger partial charge is 0.413 e. The van der Waals surface area contributed by atoms with Crippen molar-refractivity contribution in [3.05, 3.63) is 11.9 Å². The molecule has 0 radical (unpaired) electrons. The van der Waals surface area contributed by atoms with Gasteiger partial charge in [0.15, 0.2) is 0 Å². The topological polar surface area (TPSA) is 56.1 Å². The first kappa shape index (κ1) is 7.15. The third kappa shape index (κ3) is 0.939. The summed E-state index contributed by atoms with van der Waals surface area (Å²) < 4.78 is 0. The Balaban J connectivity index is 2.25. The van der Waals surface area contributed by atoms with Gasteiger partial charge in [-0.3, -0.25) is 9.89 Å². The zero-order valence-electron chi connectivity index (χ0n) is 6.47. The molecule has 1 amide bonds. The highest BCUT2D eigenvalue weighted by molar-refractivity contribution is 5.76. The number of rotatable bonds is 0. The first-order chi connectivity index (χ1) is 5.79. The number of hydrogen-bond acceptors (Lipinski definition) is 3. The molecule has 2 rings (SSSR count). The van der Waals surface area contributed by atoms with E-state index in [1.807, 2.05) is 4.90 Å². The molecule has 0 saturated carbocycles. The van der Waals surface area contributed by atoms with Crippen molar-refractivity contribution in [1.82, 2.24) is 9.80 Å². The van der Waals surface area contributed by atoms with Crippen molar-refractivity contribution >= 4 is 12.3 Å². The van der Waals surface area contributed by atoms with Crippen molar-refractivity contribution in [2.45, 2.75) is 0 Å². The Morgan fingerprint density at radius 3 is 3.17 bits per heavy atom. The Morgan fingerprint density at radius 2 is 2.42 bits per heavy atom. The molecule has 0 spiro atoms. The number of carbonyl (C=O) groups is 1. The van der Waals surface area contributed by atoms with Crippen LogP contribution in [0.2, 0.25) is 0 Å². The maximum atomic E-state index is 10.7. The van der Waals surface area contributed by atoms with Gasteiger partial charge in [0.05, 0.1) is 0 Å². The van der Waals surface area contributed by atoms with E-state index in [-0.39, 0.29) is 0 Å². The number of allylic oxidation sites excluding steroid dienone is 1. The monoisotopic (exact) mass is 167 g/mol. The molecule has 1 saturated heterocycles. The predicted molar refractivity (Wildman–Crippen MR) is 42.9 cm³/mol. The van der Waals surface area contributed by atoms with Crippen molar-refractivity contribution in [1.29, 1.82) is 0 Å². The number of nitrogens with zero attached hydrogens (tertiary/aromatic N) is 3. The van der Waals surface area contributed by atoms with Crippen LogP contribution in [0.25, 0.3) is 0 Å². The summed E-state index contributed by atoms with van der Waals surface area (Å²) in [5.74, 6) is 0.748. The van der Waals surface area contributed by atoms with E-state index in [1.165, 1.54) is 4.90 Å². The molecular weight excluding hydrogens is 158 g/mol. The first-order valence-corrected chi connectivity index (χ1v) is 3.74. The Hall–Kier alpha value is -1.52. The van der Waals surface area contributed by atoms with Gasteiger partial charge in [-0.25, -0.2) is 4.79 Å². The van der Waals surface area contributed by atoms with E-state index in [2.05, 4.69) is 4.99 Å². The predicted octanol–water partition coefficient (Wildman–Crippen LogP) is 0.165. The van der Waals surface area contributed by atoms with E-state index in [9.17, 15) is 4.79 Å². The summed E-state index contributed by atoms with van der Waals surface area (Å²) in [6, 6.07) is 0. The molecule has 0 aromatic carbocycles. The van der Waals surface area contributed by atoms with Gasteiger partial charge in [0, 0.05) is 19.3 Å². The molecule has 5 heteroatoms. The lowest BCUT2D eigenvalue weighted by Gasteiger charge is -2.21. The van der Waals surface area contributed by atoms with Crippen LogP contribution in [-0.4, -0.2) is 47.0 Å². The number of fused-ring (bicyclic) bond motifs is 1. The van der Waals surface area contributed by atoms with Gasteiger partial charge >= 0.3 is 6.09 Å². The lowest BCUT2D eigenvalue weighted by molar-refractivity contribution is 0.161. The van der Waals surface area contributed by atoms with E-state index in [0.717, 1.165) is 12.4 Å². The van der Waals surface area contributed by atoms with Gasteiger partial charge in [-0.05, 0) is 6.08 Å². The average Bonchev–Trinajstić information content (AvgIpc) is 2.47. The van der Waals surface area contributed by atoms with Crippen LogP contribution in [0.3, 0.4) is 0 Å². The van der Waals surface area contributed by atoms with Crippen molar-refractivity contribution in [2.24, 2.45) is 4.99 Å². The highest BCUT2D eigenvalue weighted by atomic mass is 16.4. The fraction of sp³-hybridized carbons (Fsp3) is 0.429. The van der Waals surface area contributed by atoms with E-state index >= 15 is 0 Å². The largest absolute Gasteiger partial charge is 0.465 e. The van der Waals surface area contributed by atoms with Crippen LogP contribution in [0.15, 0.2) is 16.9 Å². The molecule has 0 aliphatic carbocycles. The number of amides is 1. The minimum Gasteiger partial charge on any atom is -0.465 e.